The summed E-state index contributed by atoms with van der Waals surface area (Å²) < 4.78 is 2.60. The molecule has 0 fully saturated rings. The van der Waals surface area contributed by atoms with Crippen molar-refractivity contribution in [2.75, 3.05) is 14.7 Å². The first-order valence-electron chi connectivity index (χ1n) is 32.9. The Hall–Kier alpha value is -10.1. The second-order valence-corrected chi connectivity index (χ2v) is 29.8. The number of para-hydroxylation sites is 4. The van der Waals surface area contributed by atoms with Crippen LogP contribution in [0, 0.1) is 0 Å². The fourth-order valence-electron chi connectivity index (χ4n) is 15.5. The Morgan fingerprint density at radius 1 is 0.319 bits per heavy atom. The minimum absolute atomic E-state index is 0.0592. The second-order valence-electron chi connectivity index (χ2n) is 27.6. The highest BCUT2D eigenvalue weighted by Gasteiger charge is 2.47. The van der Waals surface area contributed by atoms with Gasteiger partial charge in [0.05, 0.1) is 16.7 Å². The third kappa shape index (κ3) is 9.01. The van der Waals surface area contributed by atoms with Crippen molar-refractivity contribution >= 4 is 143 Å². The number of anilines is 9. The van der Waals surface area contributed by atoms with Crippen LogP contribution in [-0.4, -0.2) is 18.0 Å². The van der Waals surface area contributed by atoms with Gasteiger partial charge in [0.2, 0.25) is 13.4 Å². The molecule has 4 aliphatic heterocycles. The van der Waals surface area contributed by atoms with E-state index in [1.807, 2.05) is 23.5 Å². The molecule has 1 aromatic heterocycles. The molecule has 0 amide bonds. The molecule has 18 rings (SSSR count). The normalized spacial score (nSPS) is 13.5. The van der Waals surface area contributed by atoms with Crippen molar-refractivity contribution in [1.29, 1.82) is 0 Å². The molecule has 0 aliphatic carbocycles. The summed E-state index contributed by atoms with van der Waals surface area (Å²) in [5.41, 5.74) is 28.8. The second kappa shape index (κ2) is 21.7. The molecule has 0 saturated carbocycles. The summed E-state index contributed by atoms with van der Waals surface area (Å²) >= 11 is 3.83. The first-order chi connectivity index (χ1) is 45.9. The first-order valence-corrected chi connectivity index (χ1v) is 34.5. The van der Waals surface area contributed by atoms with Gasteiger partial charge in [-0.2, -0.15) is 0 Å². The molecule has 0 radical (unpaired) electrons. The SMILES string of the molecule is CC(C)(C)c1ccc2c3ccc(C(C)(C)C)cc3n(-c3cc4c5c(c3)N(c3ccccc3)c3cc6c(cc3B5c3ccccc3S4)B3c4ccccc4Sc4cc(N(c5ccccc5)c5ccccc5)cc(c43)N6c3c(-c4ccccc4)cccc3-c3ccccc3)c2c1. The standard InChI is InChI=1S/C86H66B2N4S2/c1-85(2,3)57-43-45-66-67-46-44-58(86(4,5)6)48-73(67)91(72(66)47-57)63-50-76-82-81(52-63)94-78-41-24-22-39-68(78)87(82)70-53-71-75(54-74(70)90(76)61-35-20-11-21-36-61)92(84-64(55-27-12-7-13-28-55)37-26-38-65(84)56-29-14-8-15-30-56)77-49-62(51-80-83(77)88(71)69-40-23-25-42-79(69)93-80)89(59-31-16-9-17-32-59)60-33-18-10-19-34-60/h7-54H,1-6H3. The maximum Gasteiger partial charge on any atom is 0.249 e. The molecule has 0 saturated heterocycles. The van der Waals surface area contributed by atoms with E-state index in [0.29, 0.717) is 0 Å². The van der Waals surface area contributed by atoms with Crippen molar-refractivity contribution < 1.29 is 0 Å². The summed E-state index contributed by atoms with van der Waals surface area (Å²) in [6, 6.07) is 110. The zero-order valence-electron chi connectivity index (χ0n) is 53.5. The molecule has 0 spiro atoms. The van der Waals surface area contributed by atoms with Gasteiger partial charge in [-0.05, 0) is 146 Å². The van der Waals surface area contributed by atoms with E-state index in [-0.39, 0.29) is 24.3 Å². The van der Waals surface area contributed by atoms with Crippen LogP contribution in [-0.2, 0) is 10.8 Å². The molecular weight excluding hydrogens is 1170 g/mol. The summed E-state index contributed by atoms with van der Waals surface area (Å²) in [5.74, 6) is 0. The van der Waals surface area contributed by atoms with Crippen molar-refractivity contribution in [3.63, 3.8) is 0 Å². The molecule has 0 N–H and O–H groups in total. The third-order valence-corrected chi connectivity index (χ3v) is 22.2. The van der Waals surface area contributed by atoms with Gasteiger partial charge in [-0.3, -0.25) is 0 Å². The van der Waals surface area contributed by atoms with Crippen LogP contribution in [0.5, 0.6) is 0 Å². The van der Waals surface area contributed by atoms with E-state index in [1.165, 1.54) is 91.0 Å². The van der Waals surface area contributed by atoms with Crippen molar-refractivity contribution in [3.05, 3.63) is 302 Å². The number of benzene rings is 13. The molecule has 4 aliphatic rings. The van der Waals surface area contributed by atoms with Gasteiger partial charge in [-0.1, -0.05) is 276 Å². The van der Waals surface area contributed by atoms with E-state index in [1.54, 1.807) is 0 Å². The largest absolute Gasteiger partial charge is 0.311 e. The molecule has 94 heavy (non-hydrogen) atoms. The maximum atomic E-state index is 2.70. The molecule has 14 aromatic rings. The van der Waals surface area contributed by atoms with Crippen molar-refractivity contribution in [1.82, 2.24) is 4.57 Å². The smallest absolute Gasteiger partial charge is 0.249 e. The highest BCUT2D eigenvalue weighted by molar-refractivity contribution is 8.00. The molecule has 8 heteroatoms. The summed E-state index contributed by atoms with van der Waals surface area (Å²) in [7, 11) is 0. The lowest BCUT2D eigenvalue weighted by atomic mass is 9.31. The van der Waals surface area contributed by atoms with Crippen molar-refractivity contribution in [2.24, 2.45) is 0 Å². The highest BCUT2D eigenvalue weighted by atomic mass is 32.2. The van der Waals surface area contributed by atoms with Crippen LogP contribution in [0.25, 0.3) is 49.7 Å². The predicted molar refractivity (Wildman–Crippen MR) is 404 cm³/mol. The van der Waals surface area contributed by atoms with Crippen LogP contribution in [0.2, 0.25) is 0 Å². The van der Waals surface area contributed by atoms with E-state index < -0.39 is 0 Å². The Balaban J connectivity index is 0.978. The molecule has 4 nitrogen and oxygen atoms in total. The summed E-state index contributed by atoms with van der Waals surface area (Å²) in [6.45, 7) is 13.8. The Bertz CT molecular complexity index is 5200. The van der Waals surface area contributed by atoms with Gasteiger partial charge in [0.15, 0.2) is 0 Å². The quantitative estimate of drug-likeness (QED) is 0.140. The van der Waals surface area contributed by atoms with E-state index in [2.05, 4.69) is 352 Å². The minimum atomic E-state index is -0.105. The van der Waals surface area contributed by atoms with Gasteiger partial charge < -0.3 is 19.3 Å². The molecule has 5 heterocycles. The van der Waals surface area contributed by atoms with Crippen LogP contribution >= 0.6 is 23.5 Å². The molecule has 448 valence electrons. The lowest BCUT2D eigenvalue weighted by Crippen LogP contribution is -2.64. The summed E-state index contributed by atoms with van der Waals surface area (Å²) in [5, 5.41) is 2.52. The Morgan fingerprint density at radius 2 is 0.766 bits per heavy atom. The van der Waals surface area contributed by atoms with Gasteiger partial charge in [-0.15, -0.1) is 0 Å². The molecular formula is C86H66B2N4S2. The van der Waals surface area contributed by atoms with Crippen LogP contribution in [0.4, 0.5) is 51.2 Å². The number of hydrogen-bond acceptors (Lipinski definition) is 5. The Kier molecular flexibility index (Phi) is 13.1. The van der Waals surface area contributed by atoms with Gasteiger partial charge >= 0.3 is 0 Å². The van der Waals surface area contributed by atoms with E-state index >= 15 is 0 Å². The van der Waals surface area contributed by atoms with Crippen LogP contribution in [0.15, 0.2) is 311 Å². The van der Waals surface area contributed by atoms with Crippen LogP contribution in [0.3, 0.4) is 0 Å². The van der Waals surface area contributed by atoms with Gasteiger partial charge in [-0.25, -0.2) is 0 Å². The Morgan fingerprint density at radius 3 is 1.28 bits per heavy atom. The average Bonchev–Trinajstić information content (AvgIpc) is 0.728. The van der Waals surface area contributed by atoms with Crippen LogP contribution < -0.4 is 47.5 Å². The lowest BCUT2D eigenvalue weighted by molar-refractivity contribution is 0.591. The minimum Gasteiger partial charge on any atom is -0.311 e. The number of aromatic nitrogens is 1. The Labute approximate surface area is 560 Å². The highest BCUT2D eigenvalue weighted by Crippen LogP contribution is 2.53. The van der Waals surface area contributed by atoms with Crippen molar-refractivity contribution in [3.8, 4) is 27.9 Å². The number of fused-ring (bicyclic) bond motifs is 11. The average molecular weight is 1240 g/mol. The number of rotatable bonds is 8. The monoisotopic (exact) mass is 1240 g/mol. The summed E-state index contributed by atoms with van der Waals surface area (Å²) in [6.07, 6.45) is 0. The molecule has 0 bridgehead atoms. The van der Waals surface area contributed by atoms with E-state index in [9.17, 15) is 0 Å². The maximum absolute atomic E-state index is 2.70. The lowest BCUT2D eigenvalue weighted by Gasteiger charge is -2.45. The van der Waals surface area contributed by atoms with Crippen molar-refractivity contribution in [2.45, 2.75) is 72.0 Å². The number of nitrogens with zero attached hydrogens (tertiary/aromatic N) is 4. The predicted octanol–water partition coefficient (Wildman–Crippen LogP) is 19.7. The first kappa shape index (κ1) is 56.6. The fraction of sp³-hybridized carbons (Fsp3) is 0.0930. The topological polar surface area (TPSA) is 14.7 Å². The molecule has 0 unspecified atom stereocenters. The van der Waals surface area contributed by atoms with E-state index in [4.69, 9.17) is 0 Å². The molecule has 13 aromatic carbocycles. The number of hydrogen-bond donors (Lipinski definition) is 0. The fourth-order valence-corrected chi connectivity index (χ4v) is 17.9. The van der Waals surface area contributed by atoms with Gasteiger partial charge in [0.25, 0.3) is 0 Å². The van der Waals surface area contributed by atoms with Gasteiger partial charge in [0.1, 0.15) is 0 Å². The zero-order valence-corrected chi connectivity index (χ0v) is 55.1. The van der Waals surface area contributed by atoms with Crippen LogP contribution in [0.1, 0.15) is 52.7 Å². The molecule has 0 atom stereocenters. The van der Waals surface area contributed by atoms with Gasteiger partial charge in [0, 0.05) is 92.7 Å². The zero-order chi connectivity index (χ0) is 63.1. The third-order valence-electron chi connectivity index (χ3n) is 19.9. The van der Waals surface area contributed by atoms with E-state index in [0.717, 1.165) is 73.4 Å². The summed E-state index contributed by atoms with van der Waals surface area (Å²) in [4.78, 5) is 12.9.